The van der Waals surface area contributed by atoms with Crippen LogP contribution < -0.4 is 5.32 Å². The lowest BCUT2D eigenvalue weighted by atomic mass is 9.75. The summed E-state index contributed by atoms with van der Waals surface area (Å²) in [5, 5.41) is 2.86. The van der Waals surface area contributed by atoms with Crippen LogP contribution in [0.5, 0.6) is 0 Å². The molecule has 1 heterocycles. The maximum absolute atomic E-state index is 14.7. The number of nitrogens with one attached hydrogen (secondary N) is 1. The van der Waals surface area contributed by atoms with Gasteiger partial charge in [-0.1, -0.05) is 6.07 Å². The maximum atomic E-state index is 14.7. The summed E-state index contributed by atoms with van der Waals surface area (Å²) in [5.74, 6) is -4.54. The molecule has 0 bridgehead atoms. The first-order valence-corrected chi connectivity index (χ1v) is 9.90. The van der Waals surface area contributed by atoms with E-state index in [4.69, 9.17) is 4.74 Å². The zero-order chi connectivity index (χ0) is 21.6. The Bertz CT molecular complexity index is 1030. The monoisotopic (exact) mass is 417 g/mol. The molecule has 2 fully saturated rings. The van der Waals surface area contributed by atoms with Gasteiger partial charge in [0.1, 0.15) is 11.7 Å². The number of carbonyl (C=O) groups is 2. The Morgan fingerprint density at radius 2 is 1.63 bits per heavy atom. The Kier molecular flexibility index (Phi) is 5.18. The second-order valence-electron chi connectivity index (χ2n) is 8.10. The maximum Gasteiger partial charge on any atom is 0.235 e. The lowest BCUT2D eigenvalue weighted by Crippen LogP contribution is -2.50. The smallest absolute Gasteiger partial charge is 0.235 e. The van der Waals surface area contributed by atoms with E-state index in [0.29, 0.717) is 25.7 Å². The molecule has 1 aliphatic heterocycles. The molecule has 0 aromatic heterocycles. The molecular formula is C23H22F3NO3. The first kappa shape index (κ1) is 20.6. The molecule has 1 spiro atoms. The van der Waals surface area contributed by atoms with Gasteiger partial charge in [-0.3, -0.25) is 9.59 Å². The number of hydrogen-bond acceptors (Lipinski definition) is 3. The van der Waals surface area contributed by atoms with Crippen molar-refractivity contribution in [3.8, 4) is 11.1 Å². The highest BCUT2D eigenvalue weighted by Gasteiger charge is 2.54. The number of benzene rings is 2. The highest BCUT2D eigenvalue weighted by Crippen LogP contribution is 2.41. The third kappa shape index (κ3) is 3.31. The number of amides is 1. The van der Waals surface area contributed by atoms with Gasteiger partial charge in [0.2, 0.25) is 5.91 Å². The second-order valence-corrected chi connectivity index (χ2v) is 8.10. The van der Waals surface area contributed by atoms with E-state index in [1.165, 1.54) is 25.1 Å². The standard InChI is InChI=1S/C23H22F3NO3/c1-12-16(9-14(11-18(12)25)13-3-4-17(24)19(26)10-13)20-21(28)23(27-22(20)29)7-5-15(30-2)6-8-23/h3-4,9-11,15,20H,5-8H2,1-2H3,(H,27,29). The lowest BCUT2D eigenvalue weighted by molar-refractivity contribution is -0.126. The van der Waals surface area contributed by atoms with Gasteiger partial charge in [-0.05, 0) is 79.1 Å². The number of Topliss-reactive ketones (excluding diaryl/α,β-unsaturated/α-hetero) is 1. The van der Waals surface area contributed by atoms with E-state index in [9.17, 15) is 22.8 Å². The van der Waals surface area contributed by atoms with E-state index in [0.717, 1.165) is 12.1 Å². The number of ether oxygens (including phenoxy) is 1. The van der Waals surface area contributed by atoms with Crippen LogP contribution in [0.4, 0.5) is 13.2 Å². The number of methoxy groups -OCH3 is 1. The van der Waals surface area contributed by atoms with Gasteiger partial charge in [-0.2, -0.15) is 0 Å². The van der Waals surface area contributed by atoms with Gasteiger partial charge in [0, 0.05) is 7.11 Å². The van der Waals surface area contributed by atoms with Crippen LogP contribution >= 0.6 is 0 Å². The summed E-state index contributed by atoms with van der Waals surface area (Å²) in [6.45, 7) is 1.51. The van der Waals surface area contributed by atoms with Crippen LogP contribution in [-0.2, 0) is 14.3 Å². The molecule has 1 aliphatic carbocycles. The van der Waals surface area contributed by atoms with Gasteiger partial charge in [-0.15, -0.1) is 0 Å². The molecule has 2 aromatic carbocycles. The highest BCUT2D eigenvalue weighted by atomic mass is 19.2. The third-order valence-corrected chi connectivity index (χ3v) is 6.43. The average molecular weight is 417 g/mol. The van der Waals surface area contributed by atoms with Crippen LogP contribution in [0.25, 0.3) is 11.1 Å². The van der Waals surface area contributed by atoms with Gasteiger partial charge in [0.15, 0.2) is 17.4 Å². The first-order chi connectivity index (χ1) is 14.3. The summed E-state index contributed by atoms with van der Waals surface area (Å²) in [6, 6.07) is 5.97. The van der Waals surface area contributed by atoms with Crippen molar-refractivity contribution < 1.29 is 27.5 Å². The van der Waals surface area contributed by atoms with Crippen molar-refractivity contribution in [3.63, 3.8) is 0 Å². The van der Waals surface area contributed by atoms with Crippen LogP contribution in [0.3, 0.4) is 0 Å². The molecule has 1 unspecified atom stereocenters. The molecular weight excluding hydrogens is 395 g/mol. The van der Waals surface area contributed by atoms with Gasteiger partial charge >= 0.3 is 0 Å². The van der Waals surface area contributed by atoms with Crippen molar-refractivity contribution in [1.82, 2.24) is 5.32 Å². The van der Waals surface area contributed by atoms with Gasteiger partial charge < -0.3 is 10.1 Å². The summed E-state index contributed by atoms with van der Waals surface area (Å²) in [5.41, 5.74) is 0.0183. The van der Waals surface area contributed by atoms with Crippen LogP contribution in [0.2, 0.25) is 0 Å². The minimum Gasteiger partial charge on any atom is -0.381 e. The molecule has 4 nitrogen and oxygen atoms in total. The van der Waals surface area contributed by atoms with Crippen molar-refractivity contribution >= 4 is 11.7 Å². The SMILES string of the molecule is COC1CCC2(CC1)NC(=O)C(c1cc(-c3ccc(F)c(F)c3)cc(F)c1C)C2=O. The van der Waals surface area contributed by atoms with Gasteiger partial charge in [0.05, 0.1) is 11.6 Å². The number of halogens is 3. The average Bonchev–Trinajstić information content (AvgIpc) is 2.96. The molecule has 30 heavy (non-hydrogen) atoms. The zero-order valence-corrected chi connectivity index (χ0v) is 16.7. The molecule has 1 saturated carbocycles. The number of hydrogen-bond donors (Lipinski definition) is 1. The Morgan fingerprint density at radius 1 is 0.967 bits per heavy atom. The van der Waals surface area contributed by atoms with Crippen LogP contribution in [0, 0.1) is 24.4 Å². The molecule has 158 valence electrons. The molecule has 1 N–H and O–H groups in total. The fourth-order valence-corrected chi connectivity index (χ4v) is 4.58. The Morgan fingerprint density at radius 3 is 2.27 bits per heavy atom. The van der Waals surface area contributed by atoms with Crippen molar-refractivity contribution in [2.24, 2.45) is 0 Å². The second kappa shape index (κ2) is 7.54. The fraction of sp³-hybridized carbons (Fsp3) is 0.391. The van der Waals surface area contributed by atoms with E-state index in [1.807, 2.05) is 0 Å². The lowest BCUT2D eigenvalue weighted by Gasteiger charge is -2.35. The molecule has 1 saturated heterocycles. The minimum atomic E-state index is -1.14. The van der Waals surface area contributed by atoms with Crippen molar-refractivity contribution in [2.45, 2.75) is 50.2 Å². The molecule has 0 radical (unpaired) electrons. The van der Waals surface area contributed by atoms with Gasteiger partial charge in [-0.25, -0.2) is 13.2 Å². The van der Waals surface area contributed by atoms with Gasteiger partial charge in [0.25, 0.3) is 0 Å². The normalized spacial score (nSPS) is 26.3. The largest absolute Gasteiger partial charge is 0.381 e. The number of carbonyl (C=O) groups excluding carboxylic acids is 2. The highest BCUT2D eigenvalue weighted by molar-refractivity contribution is 6.17. The Hall–Kier alpha value is -2.67. The fourth-order valence-electron chi connectivity index (χ4n) is 4.58. The quantitative estimate of drug-likeness (QED) is 0.762. The third-order valence-electron chi connectivity index (χ3n) is 6.43. The molecule has 2 aliphatic rings. The van der Waals surface area contributed by atoms with Crippen molar-refractivity contribution in [2.75, 3.05) is 7.11 Å². The first-order valence-electron chi connectivity index (χ1n) is 9.90. The van der Waals surface area contributed by atoms with E-state index in [1.54, 1.807) is 7.11 Å². The van der Waals surface area contributed by atoms with E-state index in [2.05, 4.69) is 5.32 Å². The van der Waals surface area contributed by atoms with Crippen LogP contribution in [0.15, 0.2) is 30.3 Å². The van der Waals surface area contributed by atoms with Crippen LogP contribution in [0.1, 0.15) is 42.7 Å². The molecule has 1 atom stereocenters. The summed E-state index contributed by atoms with van der Waals surface area (Å²) in [6.07, 6.45) is 2.29. The van der Waals surface area contributed by atoms with Crippen molar-refractivity contribution in [1.29, 1.82) is 0 Å². The summed E-state index contributed by atoms with van der Waals surface area (Å²) < 4.78 is 47.0. The minimum absolute atomic E-state index is 0.0512. The number of ketones is 1. The Balaban J connectivity index is 1.73. The van der Waals surface area contributed by atoms with Crippen LogP contribution in [-0.4, -0.2) is 30.4 Å². The predicted octanol–water partition coefficient (Wildman–Crippen LogP) is 4.19. The van der Waals surface area contributed by atoms with E-state index in [-0.39, 0.29) is 34.1 Å². The number of rotatable bonds is 3. The summed E-state index contributed by atoms with van der Waals surface area (Å²) in [4.78, 5) is 26.2. The molecule has 2 aromatic rings. The Labute approximate surface area is 172 Å². The predicted molar refractivity (Wildman–Crippen MR) is 104 cm³/mol. The molecule has 7 heteroatoms. The van der Waals surface area contributed by atoms with Crippen molar-refractivity contribution in [3.05, 3.63) is 58.9 Å². The molecule has 1 amide bonds. The topological polar surface area (TPSA) is 55.4 Å². The summed E-state index contributed by atoms with van der Waals surface area (Å²) in [7, 11) is 1.62. The zero-order valence-electron chi connectivity index (χ0n) is 16.7. The van der Waals surface area contributed by atoms with E-state index < -0.39 is 34.8 Å². The summed E-state index contributed by atoms with van der Waals surface area (Å²) >= 11 is 0. The van der Waals surface area contributed by atoms with E-state index >= 15 is 0 Å². The molecule has 4 rings (SSSR count).